The van der Waals surface area contributed by atoms with Crippen molar-refractivity contribution in [3.8, 4) is 11.5 Å². The van der Waals surface area contributed by atoms with Crippen LogP contribution in [0.1, 0.15) is 15.9 Å². The number of hydrogen-bond donors (Lipinski definition) is 1. The van der Waals surface area contributed by atoms with Crippen molar-refractivity contribution in [2.24, 2.45) is 0 Å². The largest absolute Gasteiger partial charge is 0.493 e. The molecule has 0 saturated carbocycles. The van der Waals surface area contributed by atoms with Crippen molar-refractivity contribution in [2.75, 3.05) is 19.0 Å². The predicted octanol–water partition coefficient (Wildman–Crippen LogP) is 2.97. The summed E-state index contributed by atoms with van der Waals surface area (Å²) in [4.78, 5) is 22.7. The number of methoxy groups -OCH3 is 1. The number of carbonyl (C=O) groups excluding carboxylic acids is 2. The van der Waals surface area contributed by atoms with E-state index in [1.54, 1.807) is 31.2 Å². The fourth-order valence-electron chi connectivity index (χ4n) is 1.89. The number of halogens is 1. The molecule has 0 aliphatic rings. The Morgan fingerprint density at radius 3 is 2.65 bits per heavy atom. The van der Waals surface area contributed by atoms with Crippen LogP contribution in [0.25, 0.3) is 0 Å². The van der Waals surface area contributed by atoms with Crippen LogP contribution in [0.3, 0.4) is 0 Å². The molecule has 0 spiro atoms. The van der Waals surface area contributed by atoms with Gasteiger partial charge in [-0.3, -0.25) is 9.59 Å². The second kappa shape index (κ2) is 7.40. The van der Waals surface area contributed by atoms with Gasteiger partial charge < -0.3 is 14.8 Å². The fourth-order valence-corrected chi connectivity index (χ4v) is 1.89. The standard InChI is InChI=1S/C17H16FNO4/c1-11-3-5-13(8-14(11)18)19-17(21)10-23-16-7-12(9-20)4-6-15(16)22-2/h3-9H,10H2,1-2H3,(H,19,21). The van der Waals surface area contributed by atoms with Gasteiger partial charge in [0.05, 0.1) is 7.11 Å². The minimum absolute atomic E-state index is 0.280. The van der Waals surface area contributed by atoms with Crippen LogP contribution in [0, 0.1) is 12.7 Å². The first kappa shape index (κ1) is 16.5. The first-order valence-electron chi connectivity index (χ1n) is 6.85. The smallest absolute Gasteiger partial charge is 0.262 e. The van der Waals surface area contributed by atoms with Gasteiger partial charge in [0, 0.05) is 11.3 Å². The predicted molar refractivity (Wildman–Crippen MR) is 83.6 cm³/mol. The quantitative estimate of drug-likeness (QED) is 0.832. The summed E-state index contributed by atoms with van der Waals surface area (Å²) < 4.78 is 23.9. The van der Waals surface area contributed by atoms with E-state index in [1.165, 1.54) is 19.2 Å². The van der Waals surface area contributed by atoms with Crippen molar-refractivity contribution >= 4 is 17.9 Å². The maximum absolute atomic E-state index is 13.4. The van der Waals surface area contributed by atoms with Gasteiger partial charge in [-0.15, -0.1) is 0 Å². The molecule has 0 aromatic heterocycles. The Hall–Kier alpha value is -2.89. The number of ether oxygens (including phenoxy) is 2. The Labute approximate surface area is 133 Å². The number of amides is 1. The zero-order valence-corrected chi connectivity index (χ0v) is 12.8. The van der Waals surface area contributed by atoms with Crippen LogP contribution in [0.5, 0.6) is 11.5 Å². The lowest BCUT2D eigenvalue weighted by Crippen LogP contribution is -2.20. The minimum atomic E-state index is -0.452. The lowest BCUT2D eigenvalue weighted by Gasteiger charge is -2.11. The third kappa shape index (κ3) is 4.29. The molecule has 0 heterocycles. The first-order chi connectivity index (χ1) is 11.0. The van der Waals surface area contributed by atoms with Crippen molar-refractivity contribution in [3.63, 3.8) is 0 Å². The van der Waals surface area contributed by atoms with Gasteiger partial charge in [0.2, 0.25) is 0 Å². The molecular formula is C17H16FNO4. The lowest BCUT2D eigenvalue weighted by atomic mass is 10.2. The van der Waals surface area contributed by atoms with Crippen molar-refractivity contribution in [1.29, 1.82) is 0 Å². The SMILES string of the molecule is COc1ccc(C=O)cc1OCC(=O)Nc1ccc(C)c(F)c1. The van der Waals surface area contributed by atoms with Gasteiger partial charge in [-0.05, 0) is 42.8 Å². The van der Waals surface area contributed by atoms with Gasteiger partial charge in [-0.1, -0.05) is 6.07 Å². The van der Waals surface area contributed by atoms with Crippen LogP contribution in [0.15, 0.2) is 36.4 Å². The number of nitrogens with one attached hydrogen (secondary N) is 1. The number of hydrogen-bond acceptors (Lipinski definition) is 4. The van der Waals surface area contributed by atoms with Crippen molar-refractivity contribution < 1.29 is 23.5 Å². The van der Waals surface area contributed by atoms with Crippen LogP contribution in [-0.4, -0.2) is 25.9 Å². The molecule has 0 aliphatic heterocycles. The zero-order chi connectivity index (χ0) is 16.8. The average molecular weight is 317 g/mol. The molecule has 0 bridgehead atoms. The van der Waals surface area contributed by atoms with E-state index in [-0.39, 0.29) is 12.4 Å². The van der Waals surface area contributed by atoms with E-state index < -0.39 is 11.7 Å². The molecule has 0 unspecified atom stereocenters. The minimum Gasteiger partial charge on any atom is -0.493 e. The molecule has 0 radical (unpaired) electrons. The van der Waals surface area contributed by atoms with Crippen molar-refractivity contribution in [3.05, 3.63) is 53.3 Å². The monoisotopic (exact) mass is 317 g/mol. The number of carbonyl (C=O) groups is 2. The Balaban J connectivity index is 2.01. The van der Waals surface area contributed by atoms with Gasteiger partial charge >= 0.3 is 0 Å². The molecule has 2 aromatic rings. The third-order valence-corrected chi connectivity index (χ3v) is 3.14. The number of anilines is 1. The van der Waals surface area contributed by atoms with E-state index in [0.29, 0.717) is 28.8 Å². The van der Waals surface area contributed by atoms with Gasteiger partial charge in [-0.2, -0.15) is 0 Å². The molecular weight excluding hydrogens is 301 g/mol. The highest BCUT2D eigenvalue weighted by Gasteiger charge is 2.10. The Bertz CT molecular complexity index is 731. The van der Waals surface area contributed by atoms with E-state index in [4.69, 9.17) is 9.47 Å². The average Bonchev–Trinajstić information content (AvgIpc) is 2.56. The van der Waals surface area contributed by atoms with E-state index in [9.17, 15) is 14.0 Å². The summed E-state index contributed by atoms with van der Waals surface area (Å²) in [5.74, 6) is -0.164. The van der Waals surface area contributed by atoms with Gasteiger partial charge in [0.1, 0.15) is 12.1 Å². The second-order valence-electron chi connectivity index (χ2n) is 4.83. The summed E-state index contributed by atoms with van der Waals surface area (Å²) in [6.45, 7) is 1.34. The summed E-state index contributed by atoms with van der Waals surface area (Å²) in [6.07, 6.45) is 0.668. The molecule has 2 rings (SSSR count). The Kier molecular flexibility index (Phi) is 5.30. The molecule has 6 heteroatoms. The molecule has 120 valence electrons. The fraction of sp³-hybridized carbons (Fsp3) is 0.176. The highest BCUT2D eigenvalue weighted by molar-refractivity contribution is 5.92. The molecule has 2 aromatic carbocycles. The lowest BCUT2D eigenvalue weighted by molar-refractivity contribution is -0.118. The van der Waals surface area contributed by atoms with Crippen LogP contribution >= 0.6 is 0 Å². The molecule has 1 amide bonds. The van der Waals surface area contributed by atoms with Crippen LogP contribution < -0.4 is 14.8 Å². The Morgan fingerprint density at radius 2 is 2.00 bits per heavy atom. The maximum Gasteiger partial charge on any atom is 0.262 e. The Morgan fingerprint density at radius 1 is 1.22 bits per heavy atom. The van der Waals surface area contributed by atoms with E-state index >= 15 is 0 Å². The van der Waals surface area contributed by atoms with Crippen LogP contribution in [-0.2, 0) is 4.79 Å². The molecule has 23 heavy (non-hydrogen) atoms. The molecule has 0 fully saturated rings. The maximum atomic E-state index is 13.4. The topological polar surface area (TPSA) is 64.6 Å². The summed E-state index contributed by atoms with van der Waals surface area (Å²) in [5, 5.41) is 2.53. The third-order valence-electron chi connectivity index (χ3n) is 3.14. The molecule has 1 N–H and O–H groups in total. The molecule has 0 saturated heterocycles. The highest BCUT2D eigenvalue weighted by atomic mass is 19.1. The second-order valence-corrected chi connectivity index (χ2v) is 4.83. The first-order valence-corrected chi connectivity index (χ1v) is 6.85. The van der Waals surface area contributed by atoms with Crippen molar-refractivity contribution in [1.82, 2.24) is 0 Å². The number of aryl methyl sites for hydroxylation is 1. The molecule has 5 nitrogen and oxygen atoms in total. The highest BCUT2D eigenvalue weighted by Crippen LogP contribution is 2.27. The number of benzene rings is 2. The number of aldehydes is 1. The summed E-state index contributed by atoms with van der Waals surface area (Å²) in [7, 11) is 1.46. The molecule has 0 atom stereocenters. The van der Waals surface area contributed by atoms with Gasteiger partial charge in [0.25, 0.3) is 5.91 Å². The molecule has 0 aliphatic carbocycles. The summed E-state index contributed by atoms with van der Waals surface area (Å²) in [6, 6.07) is 9.04. The van der Waals surface area contributed by atoms with E-state index in [1.807, 2.05) is 0 Å². The van der Waals surface area contributed by atoms with Crippen LogP contribution in [0.2, 0.25) is 0 Å². The van der Waals surface area contributed by atoms with Crippen molar-refractivity contribution in [2.45, 2.75) is 6.92 Å². The van der Waals surface area contributed by atoms with Gasteiger partial charge in [0.15, 0.2) is 18.1 Å². The zero-order valence-electron chi connectivity index (χ0n) is 12.8. The summed E-state index contributed by atoms with van der Waals surface area (Å²) in [5.41, 5.74) is 1.24. The van der Waals surface area contributed by atoms with Crippen LogP contribution in [0.4, 0.5) is 10.1 Å². The van der Waals surface area contributed by atoms with Gasteiger partial charge in [-0.25, -0.2) is 4.39 Å². The number of rotatable bonds is 6. The normalized spacial score (nSPS) is 10.0. The summed E-state index contributed by atoms with van der Waals surface area (Å²) >= 11 is 0. The van der Waals surface area contributed by atoms with E-state index in [0.717, 1.165) is 0 Å². The van der Waals surface area contributed by atoms with E-state index in [2.05, 4.69) is 5.32 Å².